The molecule has 0 spiro atoms. The second kappa shape index (κ2) is 6.62. The first-order valence-corrected chi connectivity index (χ1v) is 6.16. The molecule has 1 rings (SSSR count). The summed E-state index contributed by atoms with van der Waals surface area (Å²) < 4.78 is 5.31. The molecule has 0 radical (unpaired) electrons. The molecule has 0 unspecified atom stereocenters. The van der Waals surface area contributed by atoms with Gasteiger partial charge in [-0.25, -0.2) is 0 Å². The van der Waals surface area contributed by atoms with Gasteiger partial charge in [0.15, 0.2) is 0 Å². The van der Waals surface area contributed by atoms with E-state index in [2.05, 4.69) is 26.0 Å². The second-order valence-corrected chi connectivity index (χ2v) is 4.62. The van der Waals surface area contributed by atoms with Gasteiger partial charge in [-0.2, -0.15) is 0 Å². The number of methoxy groups -OCH3 is 1. The summed E-state index contributed by atoms with van der Waals surface area (Å²) in [7, 11) is 1.71. The van der Waals surface area contributed by atoms with Crippen LogP contribution in [0.3, 0.4) is 0 Å². The van der Waals surface area contributed by atoms with E-state index >= 15 is 0 Å². The van der Waals surface area contributed by atoms with Gasteiger partial charge in [-0.1, -0.05) is 6.07 Å². The average molecular weight is 236 g/mol. The van der Waals surface area contributed by atoms with Crippen LogP contribution >= 0.6 is 0 Å². The molecule has 0 fully saturated rings. The number of ether oxygens (including phenoxy) is 1. The Bertz CT molecular complexity index is 359. The zero-order chi connectivity index (χ0) is 12.8. The Morgan fingerprint density at radius 3 is 2.29 bits per heavy atom. The Labute approximate surface area is 104 Å². The zero-order valence-electron chi connectivity index (χ0n) is 11.1. The predicted octanol–water partition coefficient (Wildman–Crippen LogP) is 1.78. The Kier molecular flexibility index (Phi) is 5.45. The first-order chi connectivity index (χ1) is 8.12. The van der Waals surface area contributed by atoms with Crippen molar-refractivity contribution in [2.24, 2.45) is 17.4 Å². The van der Waals surface area contributed by atoms with Crippen LogP contribution < -0.4 is 16.2 Å². The van der Waals surface area contributed by atoms with Crippen molar-refractivity contribution >= 4 is 0 Å². The first kappa shape index (κ1) is 14.0. The van der Waals surface area contributed by atoms with E-state index in [1.54, 1.807) is 7.11 Å². The Morgan fingerprint density at radius 1 is 1.12 bits per heavy atom. The maximum Gasteiger partial charge on any atom is 0.122 e. The molecular weight excluding hydrogens is 212 g/mol. The van der Waals surface area contributed by atoms with Gasteiger partial charge in [-0.05, 0) is 68.5 Å². The van der Waals surface area contributed by atoms with Gasteiger partial charge in [-0.3, -0.25) is 0 Å². The highest BCUT2D eigenvalue weighted by molar-refractivity contribution is 5.41. The van der Waals surface area contributed by atoms with Crippen LogP contribution in [0.5, 0.6) is 5.75 Å². The standard InChI is InChI=1S/C14H24N2O/c1-10-7-14(17-3)11(2)6-13(10)5-4-12(8-15)9-16/h6-7,12H,4-5,8-9,15-16H2,1-3H3. The van der Waals surface area contributed by atoms with Gasteiger partial charge in [0.05, 0.1) is 7.11 Å². The lowest BCUT2D eigenvalue weighted by atomic mass is 9.95. The third-order valence-electron chi connectivity index (χ3n) is 3.34. The van der Waals surface area contributed by atoms with Crippen molar-refractivity contribution in [2.45, 2.75) is 26.7 Å². The first-order valence-electron chi connectivity index (χ1n) is 6.16. The van der Waals surface area contributed by atoms with E-state index in [1.165, 1.54) is 16.7 Å². The van der Waals surface area contributed by atoms with E-state index in [-0.39, 0.29) is 0 Å². The zero-order valence-corrected chi connectivity index (χ0v) is 11.1. The molecule has 0 aliphatic carbocycles. The lowest BCUT2D eigenvalue weighted by Crippen LogP contribution is -2.23. The summed E-state index contributed by atoms with van der Waals surface area (Å²) in [6.07, 6.45) is 2.09. The van der Waals surface area contributed by atoms with Crippen LogP contribution in [0.25, 0.3) is 0 Å². The van der Waals surface area contributed by atoms with Crippen LogP contribution in [-0.4, -0.2) is 20.2 Å². The van der Waals surface area contributed by atoms with E-state index in [1.807, 2.05) is 0 Å². The van der Waals surface area contributed by atoms with Gasteiger partial charge in [0.1, 0.15) is 5.75 Å². The quantitative estimate of drug-likeness (QED) is 0.791. The molecule has 1 aromatic carbocycles. The Morgan fingerprint density at radius 2 is 1.76 bits per heavy atom. The number of nitrogens with two attached hydrogens (primary N) is 2. The topological polar surface area (TPSA) is 61.3 Å². The fourth-order valence-corrected chi connectivity index (χ4v) is 2.03. The van der Waals surface area contributed by atoms with Gasteiger partial charge >= 0.3 is 0 Å². The van der Waals surface area contributed by atoms with Crippen molar-refractivity contribution in [3.8, 4) is 5.75 Å². The molecule has 0 heterocycles. The van der Waals surface area contributed by atoms with Gasteiger partial charge in [0.25, 0.3) is 0 Å². The Balaban J connectivity index is 2.75. The van der Waals surface area contributed by atoms with E-state index in [9.17, 15) is 0 Å². The largest absolute Gasteiger partial charge is 0.496 e. The second-order valence-electron chi connectivity index (χ2n) is 4.62. The van der Waals surface area contributed by atoms with Gasteiger partial charge in [0.2, 0.25) is 0 Å². The van der Waals surface area contributed by atoms with Crippen molar-refractivity contribution < 1.29 is 4.74 Å². The summed E-state index contributed by atoms with van der Waals surface area (Å²) in [5, 5.41) is 0. The molecule has 0 aliphatic heterocycles. The van der Waals surface area contributed by atoms with Gasteiger partial charge in [-0.15, -0.1) is 0 Å². The molecule has 1 aromatic rings. The molecule has 0 aliphatic rings. The van der Waals surface area contributed by atoms with Crippen molar-refractivity contribution in [1.29, 1.82) is 0 Å². The minimum atomic E-state index is 0.428. The fourth-order valence-electron chi connectivity index (χ4n) is 2.03. The molecule has 0 amide bonds. The smallest absolute Gasteiger partial charge is 0.122 e. The highest BCUT2D eigenvalue weighted by Crippen LogP contribution is 2.23. The summed E-state index contributed by atoms with van der Waals surface area (Å²) in [6, 6.07) is 4.31. The molecule has 0 aromatic heterocycles. The lowest BCUT2D eigenvalue weighted by Gasteiger charge is -2.15. The summed E-state index contributed by atoms with van der Waals surface area (Å²) in [6.45, 7) is 5.54. The van der Waals surface area contributed by atoms with Gasteiger partial charge in [0, 0.05) is 0 Å². The highest BCUT2D eigenvalue weighted by Gasteiger charge is 2.08. The average Bonchev–Trinajstić information content (AvgIpc) is 2.34. The molecule has 3 heteroatoms. The molecule has 0 bridgehead atoms. The third-order valence-corrected chi connectivity index (χ3v) is 3.34. The molecule has 96 valence electrons. The molecule has 17 heavy (non-hydrogen) atoms. The molecule has 4 N–H and O–H groups in total. The monoisotopic (exact) mass is 236 g/mol. The number of hydrogen-bond donors (Lipinski definition) is 2. The van der Waals surface area contributed by atoms with Crippen LogP contribution in [0.1, 0.15) is 23.1 Å². The minimum absolute atomic E-state index is 0.428. The molecule has 0 saturated heterocycles. The molecule has 0 saturated carbocycles. The molecule has 3 nitrogen and oxygen atoms in total. The van der Waals surface area contributed by atoms with Crippen molar-refractivity contribution in [2.75, 3.05) is 20.2 Å². The number of hydrogen-bond acceptors (Lipinski definition) is 3. The van der Waals surface area contributed by atoms with Gasteiger partial charge < -0.3 is 16.2 Å². The van der Waals surface area contributed by atoms with Crippen molar-refractivity contribution in [3.05, 3.63) is 28.8 Å². The summed E-state index contributed by atoms with van der Waals surface area (Å²) in [5.74, 6) is 1.39. The van der Waals surface area contributed by atoms with Crippen molar-refractivity contribution in [1.82, 2.24) is 0 Å². The highest BCUT2D eigenvalue weighted by atomic mass is 16.5. The normalized spacial score (nSPS) is 10.9. The van der Waals surface area contributed by atoms with E-state index in [0.717, 1.165) is 18.6 Å². The van der Waals surface area contributed by atoms with Crippen LogP contribution in [0.2, 0.25) is 0 Å². The summed E-state index contributed by atoms with van der Waals surface area (Å²) in [5.41, 5.74) is 15.2. The van der Waals surface area contributed by atoms with E-state index < -0.39 is 0 Å². The predicted molar refractivity (Wildman–Crippen MR) is 72.4 cm³/mol. The van der Waals surface area contributed by atoms with E-state index in [0.29, 0.717) is 19.0 Å². The maximum absolute atomic E-state index is 5.66. The third kappa shape index (κ3) is 3.72. The van der Waals surface area contributed by atoms with Crippen LogP contribution in [0.4, 0.5) is 0 Å². The number of rotatable bonds is 6. The Hall–Kier alpha value is -1.06. The fraction of sp³-hybridized carbons (Fsp3) is 0.571. The van der Waals surface area contributed by atoms with Crippen LogP contribution in [-0.2, 0) is 6.42 Å². The number of aryl methyl sites for hydroxylation is 3. The van der Waals surface area contributed by atoms with Crippen molar-refractivity contribution in [3.63, 3.8) is 0 Å². The number of benzene rings is 1. The van der Waals surface area contributed by atoms with Crippen LogP contribution in [0, 0.1) is 19.8 Å². The van der Waals surface area contributed by atoms with Crippen LogP contribution in [0.15, 0.2) is 12.1 Å². The maximum atomic E-state index is 5.66. The summed E-state index contributed by atoms with van der Waals surface area (Å²) in [4.78, 5) is 0. The molecular formula is C14H24N2O. The molecule has 0 atom stereocenters. The minimum Gasteiger partial charge on any atom is -0.496 e. The lowest BCUT2D eigenvalue weighted by molar-refractivity contribution is 0.411. The van der Waals surface area contributed by atoms with E-state index in [4.69, 9.17) is 16.2 Å². The summed E-state index contributed by atoms with van der Waals surface area (Å²) >= 11 is 0. The SMILES string of the molecule is COc1cc(C)c(CCC(CN)CN)cc1C.